The van der Waals surface area contributed by atoms with Crippen molar-refractivity contribution in [1.29, 1.82) is 0 Å². The van der Waals surface area contributed by atoms with Gasteiger partial charge in [0.1, 0.15) is 23.6 Å². The number of rotatable bonds is 5. The van der Waals surface area contributed by atoms with Gasteiger partial charge in [0, 0.05) is 30.6 Å². The normalized spacial score (nSPS) is 14.6. The molecule has 0 bridgehead atoms. The number of aromatic nitrogens is 3. The minimum Gasteiger partial charge on any atom is -0.489 e. The summed E-state index contributed by atoms with van der Waals surface area (Å²) in [5, 5.41) is 4.64. The van der Waals surface area contributed by atoms with Crippen molar-refractivity contribution < 1.29 is 14.3 Å². The fraction of sp³-hybridized carbons (Fsp3) is 0.345. The summed E-state index contributed by atoms with van der Waals surface area (Å²) in [6, 6.07) is 19.4. The first-order chi connectivity index (χ1) is 17.8. The first-order valence-electron chi connectivity index (χ1n) is 12.6. The molecule has 0 radical (unpaired) electrons. The number of piperidine rings is 1. The number of benzene rings is 2. The summed E-state index contributed by atoms with van der Waals surface area (Å²) in [7, 11) is 0. The third kappa shape index (κ3) is 5.69. The Labute approximate surface area is 215 Å². The first kappa shape index (κ1) is 24.6. The Kier molecular flexibility index (Phi) is 6.74. The van der Waals surface area contributed by atoms with E-state index in [9.17, 15) is 9.59 Å². The lowest BCUT2D eigenvalue weighted by Gasteiger charge is -2.33. The average Bonchev–Trinajstić information content (AvgIpc) is 3.31. The second kappa shape index (κ2) is 10.1. The highest BCUT2D eigenvalue weighted by molar-refractivity contribution is 5.77. The van der Waals surface area contributed by atoms with Crippen molar-refractivity contribution in [2.24, 2.45) is 0 Å². The van der Waals surface area contributed by atoms with E-state index in [1.807, 2.05) is 79.9 Å². The van der Waals surface area contributed by atoms with Crippen molar-refractivity contribution in [2.45, 2.75) is 51.7 Å². The van der Waals surface area contributed by atoms with E-state index in [4.69, 9.17) is 9.47 Å². The number of hydrogen-bond acceptors (Lipinski definition) is 5. The molecule has 0 saturated carbocycles. The van der Waals surface area contributed by atoms with Gasteiger partial charge in [0.25, 0.3) is 5.56 Å². The molecule has 37 heavy (non-hydrogen) atoms. The Morgan fingerprint density at radius 2 is 1.81 bits per heavy atom. The van der Waals surface area contributed by atoms with E-state index in [1.54, 1.807) is 17.2 Å². The van der Waals surface area contributed by atoms with Gasteiger partial charge in [0.05, 0.1) is 11.9 Å². The maximum absolute atomic E-state index is 12.7. The number of carbonyl (C=O) groups excluding carboxylic acids is 1. The van der Waals surface area contributed by atoms with Gasteiger partial charge < -0.3 is 19.4 Å². The molecule has 8 heteroatoms. The molecule has 2 aromatic carbocycles. The topological polar surface area (TPSA) is 88.9 Å². The lowest BCUT2D eigenvalue weighted by Crippen LogP contribution is -2.41. The van der Waals surface area contributed by atoms with Crippen molar-refractivity contribution in [3.8, 4) is 16.9 Å². The van der Waals surface area contributed by atoms with Gasteiger partial charge in [-0.15, -0.1) is 0 Å². The smallest absolute Gasteiger partial charge is 0.410 e. The zero-order valence-corrected chi connectivity index (χ0v) is 21.4. The Balaban J connectivity index is 1.36. The highest BCUT2D eigenvalue weighted by Gasteiger charge is 2.29. The number of aromatic amines is 1. The van der Waals surface area contributed by atoms with Crippen LogP contribution in [0.2, 0.25) is 0 Å². The van der Waals surface area contributed by atoms with E-state index in [0.29, 0.717) is 25.3 Å². The average molecular weight is 501 g/mol. The van der Waals surface area contributed by atoms with E-state index in [0.717, 1.165) is 41.0 Å². The molecule has 3 heterocycles. The van der Waals surface area contributed by atoms with Crippen LogP contribution in [0.15, 0.2) is 71.7 Å². The molecule has 0 unspecified atom stereocenters. The zero-order valence-electron chi connectivity index (χ0n) is 21.4. The van der Waals surface area contributed by atoms with Crippen LogP contribution >= 0.6 is 0 Å². The number of nitrogens with zero attached hydrogens (tertiary/aromatic N) is 3. The number of carbonyl (C=O) groups is 1. The summed E-state index contributed by atoms with van der Waals surface area (Å²) in [5.41, 5.74) is 3.64. The van der Waals surface area contributed by atoms with E-state index in [-0.39, 0.29) is 17.6 Å². The predicted molar refractivity (Wildman–Crippen MR) is 142 cm³/mol. The third-order valence-electron chi connectivity index (χ3n) is 6.49. The summed E-state index contributed by atoms with van der Waals surface area (Å²) in [6.07, 6.45) is 2.95. The van der Waals surface area contributed by atoms with Gasteiger partial charge in [-0.2, -0.15) is 5.10 Å². The Bertz CT molecular complexity index is 1440. The van der Waals surface area contributed by atoms with Gasteiger partial charge in [0.2, 0.25) is 0 Å². The maximum Gasteiger partial charge on any atom is 0.410 e. The number of nitrogens with one attached hydrogen (secondary N) is 1. The molecule has 1 aliphatic heterocycles. The van der Waals surface area contributed by atoms with Crippen molar-refractivity contribution in [3.05, 3.63) is 88.5 Å². The molecule has 5 rings (SSSR count). The summed E-state index contributed by atoms with van der Waals surface area (Å²) < 4.78 is 13.3. The molecular formula is C29H32N4O4. The maximum atomic E-state index is 12.7. The number of H-pyrrole nitrogens is 1. The standard InChI is InChI=1S/C29H32N4O4/c1-29(2,3)37-28(35)32-14-12-21(13-15-32)25-17-26(34)31-27-24(18-30-33(25)27)22-10-7-11-23(16-22)36-19-20-8-5-4-6-9-20/h4-11,16-18,21H,12-15,19H2,1-3H3,(H,31,34). The van der Waals surface area contributed by atoms with Crippen LogP contribution in [-0.2, 0) is 11.3 Å². The molecule has 1 saturated heterocycles. The summed E-state index contributed by atoms with van der Waals surface area (Å²) in [6.45, 7) is 7.22. The van der Waals surface area contributed by atoms with Crippen LogP contribution in [0, 0.1) is 0 Å². The fourth-order valence-corrected chi connectivity index (χ4v) is 4.69. The van der Waals surface area contributed by atoms with Crippen LogP contribution in [0.1, 0.15) is 50.8 Å². The molecular weight excluding hydrogens is 468 g/mol. The second-order valence-corrected chi connectivity index (χ2v) is 10.4. The van der Waals surface area contributed by atoms with Crippen molar-refractivity contribution in [2.75, 3.05) is 13.1 Å². The second-order valence-electron chi connectivity index (χ2n) is 10.4. The van der Waals surface area contributed by atoms with E-state index >= 15 is 0 Å². The van der Waals surface area contributed by atoms with Crippen LogP contribution in [0.25, 0.3) is 16.8 Å². The van der Waals surface area contributed by atoms with Crippen LogP contribution in [-0.4, -0.2) is 44.3 Å². The van der Waals surface area contributed by atoms with Crippen molar-refractivity contribution in [1.82, 2.24) is 19.5 Å². The Morgan fingerprint density at radius 3 is 2.54 bits per heavy atom. The minimum atomic E-state index is -0.526. The largest absolute Gasteiger partial charge is 0.489 e. The van der Waals surface area contributed by atoms with Gasteiger partial charge in [-0.1, -0.05) is 42.5 Å². The minimum absolute atomic E-state index is 0.108. The van der Waals surface area contributed by atoms with Gasteiger partial charge in [-0.05, 0) is 56.9 Å². The molecule has 1 fully saturated rings. The summed E-state index contributed by atoms with van der Waals surface area (Å²) in [4.78, 5) is 29.8. The first-order valence-corrected chi connectivity index (χ1v) is 12.6. The van der Waals surface area contributed by atoms with Gasteiger partial charge >= 0.3 is 6.09 Å². The van der Waals surface area contributed by atoms with E-state index in [2.05, 4.69) is 10.1 Å². The van der Waals surface area contributed by atoms with E-state index < -0.39 is 5.60 Å². The highest BCUT2D eigenvalue weighted by atomic mass is 16.6. The van der Waals surface area contributed by atoms with Crippen molar-refractivity contribution in [3.63, 3.8) is 0 Å². The number of ether oxygens (including phenoxy) is 2. The molecule has 2 aromatic heterocycles. The lowest BCUT2D eigenvalue weighted by atomic mass is 9.93. The molecule has 192 valence electrons. The Morgan fingerprint density at radius 1 is 1.05 bits per heavy atom. The van der Waals surface area contributed by atoms with Crippen LogP contribution < -0.4 is 10.3 Å². The number of likely N-dealkylation sites (tertiary alicyclic amines) is 1. The SMILES string of the molecule is CC(C)(C)OC(=O)N1CCC(c2cc(=O)[nH]c3c(-c4cccc(OCc5ccccc5)c4)cnn23)CC1. The molecule has 0 atom stereocenters. The van der Waals surface area contributed by atoms with Crippen molar-refractivity contribution >= 4 is 11.7 Å². The molecule has 1 amide bonds. The highest BCUT2D eigenvalue weighted by Crippen LogP contribution is 2.31. The van der Waals surface area contributed by atoms with Crippen LogP contribution in [0.4, 0.5) is 4.79 Å². The molecule has 1 aliphatic rings. The number of fused-ring (bicyclic) bond motifs is 1. The molecule has 0 aliphatic carbocycles. The quantitative estimate of drug-likeness (QED) is 0.397. The van der Waals surface area contributed by atoms with Crippen LogP contribution in [0.3, 0.4) is 0 Å². The zero-order chi connectivity index (χ0) is 26.0. The fourth-order valence-electron chi connectivity index (χ4n) is 4.69. The molecule has 0 spiro atoms. The predicted octanol–water partition coefficient (Wildman–Crippen LogP) is 5.38. The monoisotopic (exact) mass is 500 g/mol. The molecule has 4 aromatic rings. The Hall–Kier alpha value is -4.07. The lowest BCUT2D eigenvalue weighted by molar-refractivity contribution is 0.0203. The van der Waals surface area contributed by atoms with E-state index in [1.165, 1.54) is 0 Å². The van der Waals surface area contributed by atoms with Gasteiger partial charge in [-0.3, -0.25) is 4.79 Å². The van der Waals surface area contributed by atoms with Gasteiger partial charge in [0.15, 0.2) is 0 Å². The number of hydrogen-bond donors (Lipinski definition) is 1. The third-order valence-corrected chi connectivity index (χ3v) is 6.49. The molecule has 8 nitrogen and oxygen atoms in total. The summed E-state index contributed by atoms with van der Waals surface area (Å²) in [5.74, 6) is 0.852. The molecule has 1 N–H and O–H groups in total. The van der Waals surface area contributed by atoms with Gasteiger partial charge in [-0.25, -0.2) is 9.31 Å². The summed E-state index contributed by atoms with van der Waals surface area (Å²) >= 11 is 0. The van der Waals surface area contributed by atoms with Crippen LogP contribution in [0.5, 0.6) is 5.75 Å². The number of amides is 1.